The van der Waals surface area contributed by atoms with Crippen molar-refractivity contribution in [3.05, 3.63) is 83.4 Å². The average molecular weight is 540 g/mol. The highest BCUT2D eigenvalue weighted by Crippen LogP contribution is 2.22. The molecule has 39 heavy (non-hydrogen) atoms. The van der Waals surface area contributed by atoms with E-state index in [0.29, 0.717) is 29.4 Å². The van der Waals surface area contributed by atoms with Crippen LogP contribution in [0.15, 0.2) is 66.5 Å². The zero-order chi connectivity index (χ0) is 28.2. The first-order valence-corrected chi connectivity index (χ1v) is 13.2. The number of anilines is 2. The Morgan fingerprint density at radius 2 is 1.90 bits per heavy atom. The molecule has 1 saturated heterocycles. The minimum atomic E-state index is -0.412. The molecule has 9 nitrogen and oxygen atoms in total. The summed E-state index contributed by atoms with van der Waals surface area (Å²) in [4.78, 5) is 9.20. The molecular weight excluding hydrogens is 497 g/mol. The van der Waals surface area contributed by atoms with Crippen LogP contribution >= 0.6 is 0 Å². The van der Waals surface area contributed by atoms with E-state index >= 15 is 0 Å². The number of nitrogens with one attached hydrogen (secondary N) is 2. The number of nitrogens with zero attached hydrogens (tertiary/aromatic N) is 3. The summed E-state index contributed by atoms with van der Waals surface area (Å²) < 4.78 is 25.3. The van der Waals surface area contributed by atoms with E-state index in [1.54, 1.807) is 37.6 Å². The molecule has 0 unspecified atom stereocenters. The van der Waals surface area contributed by atoms with Crippen LogP contribution in [-0.4, -0.2) is 74.9 Å². The quantitative estimate of drug-likeness (QED) is 0.163. The fraction of sp³-hybridized carbons (Fsp3) is 0.414. The second kappa shape index (κ2) is 15.1. The van der Waals surface area contributed by atoms with Crippen molar-refractivity contribution in [2.45, 2.75) is 19.8 Å². The summed E-state index contributed by atoms with van der Waals surface area (Å²) in [5.74, 6) is 0.329. The second-order valence-electron chi connectivity index (χ2n) is 9.56. The molecule has 0 bridgehead atoms. The van der Waals surface area contributed by atoms with Crippen molar-refractivity contribution in [2.24, 2.45) is 11.5 Å². The number of rotatable bonds is 14. The highest BCUT2D eigenvalue weighted by atomic mass is 19.1. The third-order valence-corrected chi connectivity index (χ3v) is 6.53. The molecule has 1 aromatic heterocycles. The molecule has 1 aromatic carbocycles. The Balaban J connectivity index is 1.74. The number of aryl methyl sites for hydroxylation is 1. The van der Waals surface area contributed by atoms with E-state index in [1.165, 1.54) is 6.07 Å². The molecular formula is C29H42FN7O2. The van der Waals surface area contributed by atoms with E-state index in [4.69, 9.17) is 20.9 Å². The highest BCUT2D eigenvalue weighted by Gasteiger charge is 2.14. The van der Waals surface area contributed by atoms with Crippen molar-refractivity contribution in [3.63, 3.8) is 0 Å². The summed E-state index contributed by atoms with van der Waals surface area (Å²) in [5.41, 5.74) is 16.0. The summed E-state index contributed by atoms with van der Waals surface area (Å²) in [6.45, 7) is 12.0. The van der Waals surface area contributed by atoms with E-state index in [-0.39, 0.29) is 18.2 Å². The van der Waals surface area contributed by atoms with Gasteiger partial charge >= 0.3 is 0 Å². The predicted octanol–water partition coefficient (Wildman–Crippen LogP) is 3.55. The predicted molar refractivity (Wildman–Crippen MR) is 156 cm³/mol. The van der Waals surface area contributed by atoms with Gasteiger partial charge in [-0.1, -0.05) is 19.6 Å². The molecule has 0 atom stereocenters. The zero-order valence-corrected chi connectivity index (χ0v) is 23.3. The van der Waals surface area contributed by atoms with E-state index in [0.717, 1.165) is 56.8 Å². The Morgan fingerprint density at radius 3 is 2.62 bits per heavy atom. The lowest BCUT2D eigenvalue weighted by Gasteiger charge is -2.32. The number of hydrogen-bond acceptors (Lipinski definition) is 9. The third-order valence-electron chi connectivity index (χ3n) is 6.53. The molecule has 1 fully saturated rings. The maximum atomic E-state index is 14.6. The molecule has 1 aliphatic rings. The Bertz CT molecular complexity index is 1160. The molecule has 3 rings (SSSR count). The Morgan fingerprint density at radius 1 is 1.13 bits per heavy atom. The zero-order valence-electron chi connectivity index (χ0n) is 23.3. The molecule has 0 radical (unpaired) electrons. The Hall–Kier alpha value is -3.60. The number of halogens is 1. The minimum absolute atomic E-state index is 0.102. The average Bonchev–Trinajstić information content (AvgIpc) is 2.93. The number of allylic oxidation sites excluding steroid dienone is 1. The fourth-order valence-corrected chi connectivity index (χ4v) is 4.07. The maximum absolute atomic E-state index is 14.6. The van der Waals surface area contributed by atoms with Crippen LogP contribution in [0, 0.1) is 5.82 Å². The monoisotopic (exact) mass is 539 g/mol. The number of ether oxygens (including phenoxy) is 2. The molecule has 0 amide bonds. The number of methoxy groups -OCH3 is 1. The van der Waals surface area contributed by atoms with Crippen LogP contribution in [0.5, 0.6) is 0 Å². The van der Waals surface area contributed by atoms with Crippen molar-refractivity contribution in [3.8, 4) is 0 Å². The number of aromatic nitrogens is 1. The number of benzene rings is 1. The van der Waals surface area contributed by atoms with Crippen LogP contribution in [0.4, 0.5) is 15.9 Å². The van der Waals surface area contributed by atoms with E-state index in [1.807, 2.05) is 13.0 Å². The highest BCUT2D eigenvalue weighted by molar-refractivity contribution is 5.69. The maximum Gasteiger partial charge on any atom is 0.208 e. The van der Waals surface area contributed by atoms with Gasteiger partial charge in [0.25, 0.3) is 0 Å². The first-order chi connectivity index (χ1) is 18.8. The van der Waals surface area contributed by atoms with E-state index in [9.17, 15) is 4.39 Å². The SMILES string of the molecule is C=C(CCN1CCN(C)CC1)Nc1cc(NC(/C=C(\N)c2cc(CC)ccc2F)=C(/N)OCCOC)ccn1. The number of hydrogen-bond donors (Lipinski definition) is 4. The molecule has 10 heteroatoms. The largest absolute Gasteiger partial charge is 0.475 e. The van der Waals surface area contributed by atoms with Crippen molar-refractivity contribution in [2.75, 3.05) is 70.7 Å². The fourth-order valence-electron chi connectivity index (χ4n) is 4.07. The standard InChI is InChI=1S/C29H42FN7O2/c1-5-22-6-7-25(30)24(18-22)26(31)20-27(29(32)39-17-16-38-4)35-23-8-10-33-28(19-23)34-21(2)9-11-37-14-12-36(3)13-15-37/h6-8,10,18-20H,2,5,9,11-17,31-32H2,1,3-4H3,(H2,33,34,35)/b26-20-,29-27-. The van der Waals surface area contributed by atoms with Crippen molar-refractivity contribution in [1.29, 1.82) is 0 Å². The molecule has 2 aromatic rings. The molecule has 2 heterocycles. The molecule has 0 aliphatic carbocycles. The van der Waals surface area contributed by atoms with E-state index in [2.05, 4.69) is 39.0 Å². The smallest absolute Gasteiger partial charge is 0.208 e. The summed E-state index contributed by atoms with van der Waals surface area (Å²) in [7, 11) is 3.73. The molecule has 0 spiro atoms. The number of likely N-dealkylation sites (N-methyl/N-ethyl adjacent to an activating group) is 1. The van der Waals surface area contributed by atoms with Crippen LogP contribution in [0.3, 0.4) is 0 Å². The van der Waals surface area contributed by atoms with Crippen LogP contribution in [0.2, 0.25) is 0 Å². The molecule has 212 valence electrons. The summed E-state index contributed by atoms with van der Waals surface area (Å²) >= 11 is 0. The minimum Gasteiger partial charge on any atom is -0.475 e. The second-order valence-corrected chi connectivity index (χ2v) is 9.56. The van der Waals surface area contributed by atoms with Gasteiger partial charge in [-0.3, -0.25) is 0 Å². The van der Waals surface area contributed by atoms with Crippen molar-refractivity contribution < 1.29 is 13.9 Å². The van der Waals surface area contributed by atoms with Crippen molar-refractivity contribution in [1.82, 2.24) is 14.8 Å². The van der Waals surface area contributed by atoms with Crippen molar-refractivity contribution >= 4 is 17.2 Å². The van der Waals surface area contributed by atoms with E-state index < -0.39 is 5.82 Å². The Labute approximate surface area is 231 Å². The first-order valence-electron chi connectivity index (χ1n) is 13.2. The van der Waals surface area contributed by atoms with Gasteiger partial charge in [-0.05, 0) is 49.7 Å². The van der Waals surface area contributed by atoms with Gasteiger partial charge in [0.1, 0.15) is 23.9 Å². The van der Waals surface area contributed by atoms with Gasteiger partial charge in [-0.25, -0.2) is 9.37 Å². The number of piperazine rings is 1. The summed E-state index contributed by atoms with van der Waals surface area (Å²) in [5, 5.41) is 6.54. The van der Waals surface area contributed by atoms with Gasteiger partial charge in [0.05, 0.1) is 6.61 Å². The van der Waals surface area contributed by atoms with Gasteiger partial charge in [0.2, 0.25) is 5.88 Å². The molecule has 1 aliphatic heterocycles. The van der Waals surface area contributed by atoms with Crippen LogP contribution in [0.1, 0.15) is 24.5 Å². The van der Waals surface area contributed by atoms with Gasteiger partial charge in [0.15, 0.2) is 0 Å². The topological polar surface area (TPSA) is 114 Å². The van der Waals surface area contributed by atoms with Gasteiger partial charge in [-0.2, -0.15) is 0 Å². The van der Waals surface area contributed by atoms with Gasteiger partial charge in [-0.15, -0.1) is 0 Å². The normalized spacial score (nSPS) is 15.5. The summed E-state index contributed by atoms with van der Waals surface area (Å²) in [6.07, 6.45) is 4.82. The Kier molecular flexibility index (Phi) is 11.6. The number of nitrogens with two attached hydrogens (primary N) is 2. The van der Waals surface area contributed by atoms with Crippen LogP contribution in [0.25, 0.3) is 5.70 Å². The van der Waals surface area contributed by atoms with Gasteiger partial charge in [0, 0.05) is 74.7 Å². The summed E-state index contributed by atoms with van der Waals surface area (Å²) in [6, 6.07) is 8.53. The first kappa shape index (κ1) is 29.9. The molecule has 6 N–H and O–H groups in total. The van der Waals surface area contributed by atoms with Gasteiger partial charge < -0.3 is 41.4 Å². The number of pyridine rings is 1. The van der Waals surface area contributed by atoms with Crippen LogP contribution in [-0.2, 0) is 15.9 Å². The van der Waals surface area contributed by atoms with Crippen LogP contribution < -0.4 is 22.1 Å². The lowest BCUT2D eigenvalue weighted by Crippen LogP contribution is -2.44. The lowest BCUT2D eigenvalue weighted by atomic mass is 10.1. The lowest BCUT2D eigenvalue weighted by molar-refractivity contribution is 0.108. The molecule has 0 saturated carbocycles. The third kappa shape index (κ3) is 9.58.